The summed E-state index contributed by atoms with van der Waals surface area (Å²) >= 11 is 0. The van der Waals surface area contributed by atoms with E-state index in [1.807, 2.05) is 0 Å². The van der Waals surface area contributed by atoms with Crippen molar-refractivity contribution >= 4 is 22.9 Å². The molecule has 1 saturated heterocycles. The third kappa shape index (κ3) is 6.40. The monoisotopic (exact) mass is 538 g/mol. The molecule has 0 spiro atoms. The maximum atomic E-state index is 13.9. The van der Waals surface area contributed by atoms with Crippen LogP contribution in [0.5, 0.6) is 0 Å². The molecule has 1 fully saturated rings. The average Bonchev–Trinajstić information content (AvgIpc) is 3.23. The minimum absolute atomic E-state index is 0.0757. The minimum Gasteiger partial charge on any atom is -0.444 e. The highest BCUT2D eigenvalue weighted by Crippen LogP contribution is 2.38. The van der Waals surface area contributed by atoms with Gasteiger partial charge in [0.2, 0.25) is 0 Å². The number of piperidine rings is 1. The normalized spacial score (nSPS) is 15.9. The fourth-order valence-corrected chi connectivity index (χ4v) is 4.16. The van der Waals surface area contributed by atoms with Crippen molar-refractivity contribution in [2.24, 2.45) is 0 Å². The predicted octanol–water partition coefficient (Wildman–Crippen LogP) is 6.14. The van der Waals surface area contributed by atoms with Crippen molar-refractivity contribution in [2.75, 3.05) is 13.1 Å². The first-order chi connectivity index (χ1) is 17.6. The Morgan fingerprint density at radius 1 is 1.11 bits per heavy atom. The van der Waals surface area contributed by atoms with Gasteiger partial charge in [0.1, 0.15) is 5.60 Å². The second-order valence-electron chi connectivity index (χ2n) is 10.2. The van der Waals surface area contributed by atoms with Crippen LogP contribution in [-0.4, -0.2) is 51.5 Å². The van der Waals surface area contributed by atoms with Crippen LogP contribution in [0.2, 0.25) is 0 Å². The highest BCUT2D eigenvalue weighted by molar-refractivity contribution is 5.94. The van der Waals surface area contributed by atoms with Gasteiger partial charge in [0.25, 0.3) is 11.8 Å². The number of benzene rings is 1. The summed E-state index contributed by atoms with van der Waals surface area (Å²) in [5, 5.41) is 2.76. The molecular weight excluding hydrogens is 511 g/mol. The zero-order valence-corrected chi connectivity index (χ0v) is 21.0. The van der Waals surface area contributed by atoms with Crippen molar-refractivity contribution < 1.29 is 36.3 Å². The summed E-state index contributed by atoms with van der Waals surface area (Å²) in [7, 11) is 0. The third-order valence-electron chi connectivity index (χ3n) is 6.00. The number of H-pyrrole nitrogens is 1. The van der Waals surface area contributed by atoms with Crippen molar-refractivity contribution in [3.05, 3.63) is 53.3 Å². The third-order valence-corrected chi connectivity index (χ3v) is 6.00. The number of nitrogens with one attached hydrogen (secondary N) is 2. The van der Waals surface area contributed by atoms with Crippen LogP contribution in [0.3, 0.4) is 0 Å². The molecule has 0 aliphatic carbocycles. The zero-order chi connectivity index (χ0) is 27.9. The number of halogens is 5. The van der Waals surface area contributed by atoms with E-state index in [2.05, 4.69) is 15.3 Å². The van der Waals surface area contributed by atoms with Crippen molar-refractivity contribution in [3.63, 3.8) is 0 Å². The van der Waals surface area contributed by atoms with Crippen LogP contribution < -0.4 is 5.32 Å². The first-order valence-corrected chi connectivity index (χ1v) is 11.9. The molecule has 1 aliphatic rings. The number of likely N-dealkylation sites (tertiary alicyclic amines) is 1. The van der Waals surface area contributed by atoms with Gasteiger partial charge in [-0.05, 0) is 51.1 Å². The Bertz CT molecular complexity index is 1330. The largest absolute Gasteiger partial charge is 0.444 e. The van der Waals surface area contributed by atoms with Crippen LogP contribution in [0.15, 0.2) is 36.5 Å². The highest BCUT2D eigenvalue weighted by Gasteiger charge is 2.36. The lowest BCUT2D eigenvalue weighted by molar-refractivity contribution is -0.136. The van der Waals surface area contributed by atoms with E-state index in [9.17, 15) is 31.5 Å². The maximum absolute atomic E-state index is 13.9. The summed E-state index contributed by atoms with van der Waals surface area (Å²) in [5.74, 6) is -3.25. The van der Waals surface area contributed by atoms with Gasteiger partial charge in [0, 0.05) is 48.8 Å². The van der Waals surface area contributed by atoms with Gasteiger partial charge < -0.3 is 19.9 Å². The van der Waals surface area contributed by atoms with E-state index in [0.29, 0.717) is 5.69 Å². The lowest BCUT2D eigenvalue weighted by Crippen LogP contribution is -2.42. The molecule has 204 valence electrons. The first-order valence-electron chi connectivity index (χ1n) is 11.9. The fraction of sp³-hybridized carbons (Fsp3) is 0.423. The second kappa shape index (κ2) is 9.88. The lowest BCUT2D eigenvalue weighted by atomic mass is 10.0. The molecule has 7 nitrogen and oxygen atoms in total. The number of nitrogens with zero attached hydrogens (tertiary/aromatic N) is 2. The van der Waals surface area contributed by atoms with Gasteiger partial charge in [-0.15, -0.1) is 0 Å². The van der Waals surface area contributed by atoms with Crippen LogP contribution in [0, 0.1) is 0 Å². The van der Waals surface area contributed by atoms with E-state index in [1.54, 1.807) is 20.8 Å². The summed E-state index contributed by atoms with van der Waals surface area (Å²) in [6, 6.07) is 6.82. The van der Waals surface area contributed by atoms with Gasteiger partial charge in [-0.3, -0.25) is 9.78 Å². The number of hydrogen-bond acceptors (Lipinski definition) is 4. The SMILES string of the molecule is CC(C)(C)OC(=O)NCc1cc2cc(-c3ccc(C(=O)N4CCC(F)(F)CC4)cn3)cc(C(F)(F)F)c2[nH]1. The summed E-state index contributed by atoms with van der Waals surface area (Å²) in [6.07, 6.45) is -4.99. The van der Waals surface area contributed by atoms with E-state index in [4.69, 9.17) is 4.74 Å². The summed E-state index contributed by atoms with van der Waals surface area (Å²) in [6.45, 7) is 4.83. The number of hydrogen-bond donors (Lipinski definition) is 2. The highest BCUT2D eigenvalue weighted by atomic mass is 19.4. The molecule has 2 N–H and O–H groups in total. The zero-order valence-electron chi connectivity index (χ0n) is 21.0. The van der Waals surface area contributed by atoms with Crippen LogP contribution in [-0.2, 0) is 17.5 Å². The van der Waals surface area contributed by atoms with E-state index >= 15 is 0 Å². The fourth-order valence-electron chi connectivity index (χ4n) is 4.16. The summed E-state index contributed by atoms with van der Waals surface area (Å²) in [4.78, 5) is 32.8. The van der Waals surface area contributed by atoms with E-state index in [0.717, 1.165) is 6.07 Å². The van der Waals surface area contributed by atoms with Crippen molar-refractivity contribution in [1.82, 2.24) is 20.2 Å². The van der Waals surface area contributed by atoms with E-state index < -0.39 is 48.1 Å². The molecule has 3 heterocycles. The quantitative estimate of drug-likeness (QED) is 0.391. The number of amides is 2. The number of carbonyl (C=O) groups excluding carboxylic acids is 2. The molecule has 0 radical (unpaired) electrons. The van der Waals surface area contributed by atoms with Gasteiger partial charge in [-0.25, -0.2) is 13.6 Å². The smallest absolute Gasteiger partial charge is 0.418 e. The number of rotatable bonds is 4. The van der Waals surface area contributed by atoms with Gasteiger partial charge in [0.05, 0.1) is 28.9 Å². The Balaban J connectivity index is 1.57. The first kappa shape index (κ1) is 27.3. The van der Waals surface area contributed by atoms with Crippen LogP contribution >= 0.6 is 0 Å². The van der Waals surface area contributed by atoms with Crippen LogP contribution in [0.1, 0.15) is 55.2 Å². The molecule has 2 amide bonds. The van der Waals surface area contributed by atoms with Gasteiger partial charge in [0.15, 0.2) is 0 Å². The molecule has 4 rings (SSSR count). The Morgan fingerprint density at radius 2 is 1.79 bits per heavy atom. The number of fused-ring (bicyclic) bond motifs is 1. The Morgan fingerprint density at radius 3 is 2.37 bits per heavy atom. The summed E-state index contributed by atoms with van der Waals surface area (Å²) in [5.41, 5.74) is -0.900. The molecule has 1 aliphatic heterocycles. The summed E-state index contributed by atoms with van der Waals surface area (Å²) < 4.78 is 73.7. The molecule has 12 heteroatoms. The van der Waals surface area contributed by atoms with Crippen molar-refractivity contribution in [1.29, 1.82) is 0 Å². The maximum Gasteiger partial charge on any atom is 0.418 e. The van der Waals surface area contributed by atoms with Gasteiger partial charge in [-0.1, -0.05) is 0 Å². The number of ether oxygens (including phenoxy) is 1. The minimum atomic E-state index is -4.68. The molecule has 38 heavy (non-hydrogen) atoms. The molecule has 0 unspecified atom stereocenters. The van der Waals surface area contributed by atoms with E-state index in [1.165, 1.54) is 35.4 Å². The number of alkyl halides is 5. The number of aromatic nitrogens is 2. The molecule has 0 atom stereocenters. The van der Waals surface area contributed by atoms with Crippen LogP contribution in [0.25, 0.3) is 22.2 Å². The van der Waals surface area contributed by atoms with Crippen molar-refractivity contribution in [2.45, 2.75) is 57.9 Å². The molecule has 1 aromatic carbocycles. The predicted molar refractivity (Wildman–Crippen MR) is 130 cm³/mol. The number of alkyl carbamates (subject to hydrolysis) is 1. The number of aromatic amines is 1. The number of pyridine rings is 1. The van der Waals surface area contributed by atoms with Crippen molar-refractivity contribution in [3.8, 4) is 11.3 Å². The average molecular weight is 539 g/mol. The Kier molecular flexibility index (Phi) is 7.11. The molecule has 0 bridgehead atoms. The Labute approximate surface area is 215 Å². The number of carbonyl (C=O) groups is 2. The standard InChI is InChI=1S/C26H27F5N4O3/c1-24(2,3)38-23(37)33-14-18-11-17-10-16(12-19(21(17)34-18)26(29,30)31)20-5-4-15(13-32-20)22(36)35-8-6-25(27,28)7-9-35/h4-5,10-13,34H,6-9,14H2,1-3H3,(H,33,37). The molecule has 0 saturated carbocycles. The molecule has 3 aromatic rings. The lowest BCUT2D eigenvalue weighted by Gasteiger charge is -2.31. The van der Waals surface area contributed by atoms with Gasteiger partial charge in [-0.2, -0.15) is 13.2 Å². The second-order valence-corrected chi connectivity index (χ2v) is 10.2. The topological polar surface area (TPSA) is 87.3 Å². The van der Waals surface area contributed by atoms with Gasteiger partial charge >= 0.3 is 12.3 Å². The Hall–Kier alpha value is -3.70. The van der Waals surface area contributed by atoms with E-state index in [-0.39, 0.29) is 47.4 Å². The molecule has 2 aromatic heterocycles. The van der Waals surface area contributed by atoms with Crippen LogP contribution in [0.4, 0.5) is 26.7 Å². The molecular formula is C26H27F5N4O3.